The number of rotatable bonds is 5. The molecule has 1 aromatic heterocycles. The molecule has 2 aromatic rings. The van der Waals surface area contributed by atoms with Gasteiger partial charge in [-0.15, -0.1) is 0 Å². The normalized spacial score (nSPS) is 17.0. The Bertz CT molecular complexity index is 748. The molecule has 0 saturated carbocycles. The molecule has 1 amide bonds. The largest absolute Gasteiger partial charge is 0.467 e. The zero-order valence-corrected chi connectivity index (χ0v) is 12.8. The van der Waals surface area contributed by atoms with Crippen LogP contribution in [0.15, 0.2) is 41.0 Å². The number of benzene rings is 1. The molecule has 1 unspecified atom stereocenters. The highest BCUT2D eigenvalue weighted by molar-refractivity contribution is 5.87. The van der Waals surface area contributed by atoms with E-state index in [1.54, 1.807) is 17.0 Å². The summed E-state index contributed by atoms with van der Waals surface area (Å²) in [5.74, 6) is -0.550. The standard InChI is InChI=1S/C16H16FN3O4/c17-12-5-1-6-13(15(12)20(22)23)19-8-2-7-14(19)16(21)18-10-11-4-3-9-24-11/h1,3-6,9,14H,2,7-8,10H2,(H,18,21). The molecule has 1 aliphatic heterocycles. The molecule has 24 heavy (non-hydrogen) atoms. The van der Waals surface area contributed by atoms with E-state index in [-0.39, 0.29) is 18.1 Å². The molecule has 1 aromatic carbocycles. The second-order valence-electron chi connectivity index (χ2n) is 5.51. The maximum absolute atomic E-state index is 13.8. The molecule has 126 valence electrons. The molecule has 1 aliphatic rings. The van der Waals surface area contributed by atoms with Crippen molar-refractivity contribution in [3.63, 3.8) is 0 Å². The van der Waals surface area contributed by atoms with Gasteiger partial charge < -0.3 is 14.6 Å². The lowest BCUT2D eigenvalue weighted by Gasteiger charge is -2.25. The van der Waals surface area contributed by atoms with E-state index in [2.05, 4.69) is 5.32 Å². The quantitative estimate of drug-likeness (QED) is 0.671. The van der Waals surface area contributed by atoms with Gasteiger partial charge in [-0.05, 0) is 37.1 Å². The summed E-state index contributed by atoms with van der Waals surface area (Å²) in [5, 5.41) is 13.9. The van der Waals surface area contributed by atoms with Crippen LogP contribution in [0.5, 0.6) is 0 Å². The molecular formula is C16H16FN3O4. The van der Waals surface area contributed by atoms with Gasteiger partial charge in [0.05, 0.1) is 17.7 Å². The highest BCUT2D eigenvalue weighted by Gasteiger charge is 2.35. The van der Waals surface area contributed by atoms with Gasteiger partial charge in [-0.25, -0.2) is 0 Å². The summed E-state index contributed by atoms with van der Waals surface area (Å²) in [5.41, 5.74) is -0.459. The lowest BCUT2D eigenvalue weighted by molar-refractivity contribution is -0.386. The predicted molar refractivity (Wildman–Crippen MR) is 84.0 cm³/mol. The summed E-state index contributed by atoms with van der Waals surface area (Å²) in [4.78, 5) is 24.5. The van der Waals surface area contributed by atoms with Crippen molar-refractivity contribution in [2.45, 2.75) is 25.4 Å². The fourth-order valence-electron chi connectivity index (χ4n) is 2.95. The van der Waals surface area contributed by atoms with Gasteiger partial charge in [0.1, 0.15) is 17.5 Å². The van der Waals surface area contributed by atoms with Gasteiger partial charge in [0.25, 0.3) is 0 Å². The Morgan fingerprint density at radius 3 is 2.96 bits per heavy atom. The number of nitro benzene ring substituents is 1. The van der Waals surface area contributed by atoms with Crippen LogP contribution in [0.2, 0.25) is 0 Å². The van der Waals surface area contributed by atoms with Crippen molar-refractivity contribution < 1.29 is 18.5 Å². The lowest BCUT2D eigenvalue weighted by atomic mass is 10.1. The Labute approximate surface area is 137 Å². The van der Waals surface area contributed by atoms with Crippen molar-refractivity contribution >= 4 is 17.3 Å². The minimum absolute atomic E-state index is 0.135. The molecule has 0 radical (unpaired) electrons. The van der Waals surface area contributed by atoms with Crippen molar-refractivity contribution in [3.05, 3.63) is 58.3 Å². The first-order valence-corrected chi connectivity index (χ1v) is 7.57. The van der Waals surface area contributed by atoms with E-state index in [4.69, 9.17) is 4.42 Å². The first-order valence-electron chi connectivity index (χ1n) is 7.57. The van der Waals surface area contributed by atoms with E-state index in [1.165, 1.54) is 18.4 Å². The lowest BCUT2D eigenvalue weighted by Crippen LogP contribution is -2.43. The molecule has 1 fully saturated rings. The molecule has 0 aliphatic carbocycles. The van der Waals surface area contributed by atoms with Crippen LogP contribution in [0.25, 0.3) is 0 Å². The van der Waals surface area contributed by atoms with Crippen molar-refractivity contribution in [3.8, 4) is 0 Å². The number of carbonyl (C=O) groups excluding carboxylic acids is 1. The van der Waals surface area contributed by atoms with Gasteiger partial charge in [0, 0.05) is 6.54 Å². The SMILES string of the molecule is O=C(NCc1ccco1)C1CCCN1c1cccc(F)c1[N+](=O)[O-]. The predicted octanol–water partition coefficient (Wildman–Crippen LogP) is 2.61. The minimum atomic E-state index is -0.904. The van der Waals surface area contributed by atoms with E-state index >= 15 is 0 Å². The fraction of sp³-hybridized carbons (Fsp3) is 0.312. The van der Waals surface area contributed by atoms with E-state index in [0.717, 1.165) is 6.07 Å². The van der Waals surface area contributed by atoms with Crippen LogP contribution in [0.1, 0.15) is 18.6 Å². The summed E-state index contributed by atoms with van der Waals surface area (Å²) in [6.45, 7) is 0.699. The van der Waals surface area contributed by atoms with Crippen molar-refractivity contribution in [2.75, 3.05) is 11.4 Å². The van der Waals surface area contributed by atoms with Crippen LogP contribution < -0.4 is 10.2 Å². The summed E-state index contributed by atoms with van der Waals surface area (Å²) in [6.07, 6.45) is 2.77. The van der Waals surface area contributed by atoms with Gasteiger partial charge in [0.15, 0.2) is 0 Å². The number of halogens is 1. The Hall–Kier alpha value is -2.90. The Morgan fingerprint density at radius 2 is 2.25 bits per heavy atom. The molecule has 1 saturated heterocycles. The number of para-hydroxylation sites is 1. The zero-order valence-electron chi connectivity index (χ0n) is 12.8. The molecule has 3 rings (SSSR count). The number of nitrogens with zero attached hydrogens (tertiary/aromatic N) is 2. The summed E-state index contributed by atoms with van der Waals surface area (Å²) < 4.78 is 19.0. The van der Waals surface area contributed by atoms with Gasteiger partial charge >= 0.3 is 5.69 Å². The summed E-state index contributed by atoms with van der Waals surface area (Å²) in [7, 11) is 0. The Kier molecular flexibility index (Phi) is 4.45. The number of hydrogen-bond donors (Lipinski definition) is 1. The molecular weight excluding hydrogens is 317 g/mol. The molecule has 0 bridgehead atoms. The molecule has 1 N–H and O–H groups in total. The van der Waals surface area contributed by atoms with E-state index in [1.807, 2.05) is 0 Å². The van der Waals surface area contributed by atoms with Gasteiger partial charge in [0.2, 0.25) is 11.7 Å². The van der Waals surface area contributed by atoms with E-state index in [0.29, 0.717) is 25.1 Å². The van der Waals surface area contributed by atoms with Crippen LogP contribution in [0, 0.1) is 15.9 Å². The number of hydrogen-bond acceptors (Lipinski definition) is 5. The van der Waals surface area contributed by atoms with Crippen molar-refractivity contribution in [2.24, 2.45) is 0 Å². The number of furan rings is 1. The maximum atomic E-state index is 13.8. The maximum Gasteiger partial charge on any atom is 0.327 e. The van der Waals surface area contributed by atoms with Crippen LogP contribution >= 0.6 is 0 Å². The number of amides is 1. The number of carbonyl (C=O) groups is 1. The van der Waals surface area contributed by atoms with Gasteiger partial charge in [-0.3, -0.25) is 14.9 Å². The second-order valence-corrected chi connectivity index (χ2v) is 5.51. The highest BCUT2D eigenvalue weighted by Crippen LogP contribution is 2.35. The molecule has 2 heterocycles. The van der Waals surface area contributed by atoms with E-state index in [9.17, 15) is 19.3 Å². The first-order chi connectivity index (χ1) is 11.6. The monoisotopic (exact) mass is 333 g/mol. The summed E-state index contributed by atoms with van der Waals surface area (Å²) in [6, 6.07) is 6.82. The number of nitro groups is 1. The fourth-order valence-corrected chi connectivity index (χ4v) is 2.95. The van der Waals surface area contributed by atoms with Gasteiger partial charge in [-0.1, -0.05) is 6.07 Å². The number of anilines is 1. The third-order valence-corrected chi connectivity index (χ3v) is 4.03. The number of nitrogens with one attached hydrogen (secondary N) is 1. The van der Waals surface area contributed by atoms with Crippen LogP contribution in [0.4, 0.5) is 15.8 Å². The Balaban J connectivity index is 1.79. The molecule has 7 nitrogen and oxygen atoms in total. The van der Waals surface area contributed by atoms with Crippen LogP contribution in [0.3, 0.4) is 0 Å². The summed E-state index contributed by atoms with van der Waals surface area (Å²) >= 11 is 0. The first kappa shape index (κ1) is 16.0. The van der Waals surface area contributed by atoms with Crippen LogP contribution in [-0.4, -0.2) is 23.4 Å². The Morgan fingerprint density at radius 1 is 1.42 bits per heavy atom. The van der Waals surface area contributed by atoms with Crippen molar-refractivity contribution in [1.29, 1.82) is 0 Å². The van der Waals surface area contributed by atoms with Crippen LogP contribution in [-0.2, 0) is 11.3 Å². The average molecular weight is 333 g/mol. The van der Waals surface area contributed by atoms with Gasteiger partial charge in [-0.2, -0.15) is 4.39 Å². The second kappa shape index (κ2) is 6.69. The smallest absolute Gasteiger partial charge is 0.327 e. The van der Waals surface area contributed by atoms with Crippen molar-refractivity contribution in [1.82, 2.24) is 5.32 Å². The zero-order chi connectivity index (χ0) is 17.1. The third kappa shape index (κ3) is 3.08. The average Bonchev–Trinajstić information content (AvgIpc) is 3.23. The highest BCUT2D eigenvalue weighted by atomic mass is 19.1. The molecule has 8 heteroatoms. The topological polar surface area (TPSA) is 88.6 Å². The third-order valence-electron chi connectivity index (χ3n) is 4.03. The van der Waals surface area contributed by atoms with E-state index < -0.39 is 22.5 Å². The molecule has 0 spiro atoms. The molecule has 1 atom stereocenters. The minimum Gasteiger partial charge on any atom is -0.467 e.